The Morgan fingerprint density at radius 3 is 2.79 bits per heavy atom. The Hall–Kier alpha value is -1.84. The summed E-state index contributed by atoms with van der Waals surface area (Å²) in [5, 5.41) is 3.27. The normalized spacial score (nSPS) is 11.3. The summed E-state index contributed by atoms with van der Waals surface area (Å²) in [5.74, 6) is 2.18. The number of likely N-dealkylation sites (N-methyl/N-ethyl adjacent to an activating group) is 1. The molecule has 0 radical (unpaired) electrons. The fourth-order valence-electron chi connectivity index (χ4n) is 2.63. The minimum Gasteiger partial charge on any atom is -0.489 e. The zero-order valence-electron chi connectivity index (χ0n) is 17.1. The highest BCUT2D eigenvalue weighted by Crippen LogP contribution is 2.15. The van der Waals surface area contributed by atoms with Gasteiger partial charge in [0, 0.05) is 32.5 Å². The van der Waals surface area contributed by atoms with Crippen LogP contribution in [0.2, 0.25) is 0 Å². The summed E-state index contributed by atoms with van der Waals surface area (Å²) in [7, 11) is 1.94. The van der Waals surface area contributed by atoms with Crippen molar-refractivity contribution in [1.82, 2.24) is 19.8 Å². The molecule has 2 aromatic rings. The average Bonchev–Trinajstić information content (AvgIpc) is 3.06. The second kappa shape index (κ2) is 12.6. The van der Waals surface area contributed by atoms with Crippen molar-refractivity contribution in [2.24, 2.45) is 10.9 Å². The van der Waals surface area contributed by atoms with Crippen LogP contribution < -0.4 is 10.1 Å². The zero-order chi connectivity index (χ0) is 19.6. The largest absolute Gasteiger partial charge is 0.489 e. The number of hydrogen-bond acceptors (Lipinski definition) is 3. The lowest BCUT2D eigenvalue weighted by molar-refractivity contribution is 0.270. The van der Waals surface area contributed by atoms with E-state index in [1.165, 1.54) is 6.07 Å². The van der Waals surface area contributed by atoms with Gasteiger partial charge in [0.2, 0.25) is 0 Å². The van der Waals surface area contributed by atoms with Gasteiger partial charge in [0.05, 0.1) is 6.54 Å². The van der Waals surface area contributed by atoms with Crippen LogP contribution in [0, 0.1) is 11.7 Å². The van der Waals surface area contributed by atoms with Crippen LogP contribution in [0.25, 0.3) is 0 Å². The highest BCUT2D eigenvalue weighted by Gasteiger charge is 2.09. The van der Waals surface area contributed by atoms with E-state index in [0.717, 1.165) is 24.9 Å². The monoisotopic (exact) mass is 503 g/mol. The summed E-state index contributed by atoms with van der Waals surface area (Å²) in [5.41, 5.74) is 0. The van der Waals surface area contributed by atoms with Crippen molar-refractivity contribution >= 4 is 29.9 Å². The van der Waals surface area contributed by atoms with Crippen molar-refractivity contribution in [3.8, 4) is 5.75 Å². The summed E-state index contributed by atoms with van der Waals surface area (Å²) >= 11 is 0. The minimum atomic E-state index is -0.349. The van der Waals surface area contributed by atoms with E-state index in [-0.39, 0.29) is 35.5 Å². The summed E-state index contributed by atoms with van der Waals surface area (Å²) in [6.45, 7) is 9.52. The Labute approximate surface area is 184 Å². The third-order valence-corrected chi connectivity index (χ3v) is 3.95. The van der Waals surface area contributed by atoms with Crippen LogP contribution in [0.5, 0.6) is 5.75 Å². The highest BCUT2D eigenvalue weighted by atomic mass is 127. The smallest absolute Gasteiger partial charge is 0.194 e. The van der Waals surface area contributed by atoms with Gasteiger partial charge in [-0.05, 0) is 25.0 Å². The summed E-state index contributed by atoms with van der Waals surface area (Å²) < 4.78 is 21.3. The van der Waals surface area contributed by atoms with Crippen LogP contribution >= 0.6 is 24.0 Å². The van der Waals surface area contributed by atoms with Gasteiger partial charge in [-0.15, -0.1) is 24.0 Å². The molecule has 0 unspecified atom stereocenters. The van der Waals surface area contributed by atoms with Crippen molar-refractivity contribution in [3.05, 3.63) is 48.3 Å². The van der Waals surface area contributed by atoms with E-state index in [1.807, 2.05) is 31.3 Å². The van der Waals surface area contributed by atoms with Crippen molar-refractivity contribution in [2.45, 2.75) is 33.9 Å². The maximum absolute atomic E-state index is 13.6. The van der Waals surface area contributed by atoms with Gasteiger partial charge in [-0.3, -0.25) is 0 Å². The van der Waals surface area contributed by atoms with E-state index in [2.05, 4.69) is 33.7 Å². The molecule has 1 aromatic heterocycles. The van der Waals surface area contributed by atoms with E-state index < -0.39 is 0 Å². The molecule has 6 nitrogen and oxygen atoms in total. The maximum atomic E-state index is 13.6. The summed E-state index contributed by atoms with van der Waals surface area (Å²) in [6, 6.07) is 6.42. The van der Waals surface area contributed by atoms with Crippen LogP contribution in [0.1, 0.15) is 26.6 Å². The van der Waals surface area contributed by atoms with Gasteiger partial charge < -0.3 is 19.5 Å². The Balaban J connectivity index is 0.00000392. The van der Waals surface area contributed by atoms with Crippen LogP contribution in [0.15, 0.2) is 41.7 Å². The Morgan fingerprint density at radius 1 is 1.36 bits per heavy atom. The molecule has 0 amide bonds. The van der Waals surface area contributed by atoms with Crippen LogP contribution in [0.3, 0.4) is 0 Å². The first-order chi connectivity index (χ1) is 13.0. The van der Waals surface area contributed by atoms with Crippen LogP contribution in [-0.4, -0.2) is 47.2 Å². The van der Waals surface area contributed by atoms with Gasteiger partial charge in [0.15, 0.2) is 17.5 Å². The molecule has 28 heavy (non-hydrogen) atoms. The molecule has 0 saturated carbocycles. The number of para-hydroxylation sites is 1. The Morgan fingerprint density at radius 2 is 2.11 bits per heavy atom. The van der Waals surface area contributed by atoms with Gasteiger partial charge in [-0.1, -0.05) is 26.0 Å². The first-order valence-electron chi connectivity index (χ1n) is 9.38. The van der Waals surface area contributed by atoms with Crippen molar-refractivity contribution in [3.63, 3.8) is 0 Å². The van der Waals surface area contributed by atoms with Gasteiger partial charge in [0.1, 0.15) is 19.0 Å². The molecule has 8 heteroatoms. The van der Waals surface area contributed by atoms with Gasteiger partial charge >= 0.3 is 0 Å². The zero-order valence-corrected chi connectivity index (χ0v) is 19.4. The fraction of sp³-hybridized carbons (Fsp3) is 0.500. The summed E-state index contributed by atoms with van der Waals surface area (Å²) in [4.78, 5) is 11.1. The molecular formula is C20H31FIN5O. The lowest BCUT2D eigenvalue weighted by Crippen LogP contribution is -2.41. The molecule has 0 aliphatic heterocycles. The highest BCUT2D eigenvalue weighted by molar-refractivity contribution is 14.0. The second-order valence-corrected chi connectivity index (χ2v) is 6.76. The first kappa shape index (κ1) is 24.2. The molecule has 1 heterocycles. The molecule has 1 N–H and O–H groups in total. The van der Waals surface area contributed by atoms with Gasteiger partial charge in [-0.25, -0.2) is 14.4 Å². The number of aromatic nitrogens is 2. The van der Waals surface area contributed by atoms with Gasteiger partial charge in [0.25, 0.3) is 0 Å². The fourth-order valence-corrected chi connectivity index (χ4v) is 2.63. The van der Waals surface area contributed by atoms with Crippen molar-refractivity contribution in [2.75, 3.05) is 26.7 Å². The van der Waals surface area contributed by atoms with E-state index >= 15 is 0 Å². The third-order valence-electron chi connectivity index (χ3n) is 3.95. The standard InChI is InChI=1S/C20H30FN5O.HI/c1-5-22-20(24-14-19-23-10-11-26(19)15-16(2)3)25(4)12-13-27-18-9-7-6-8-17(18)21;/h6-11,16H,5,12-15H2,1-4H3,(H,22,24);1H. The third kappa shape index (κ3) is 7.65. The minimum absolute atomic E-state index is 0. The number of nitrogens with one attached hydrogen (secondary N) is 1. The van der Waals surface area contributed by atoms with E-state index in [9.17, 15) is 4.39 Å². The van der Waals surface area contributed by atoms with E-state index in [4.69, 9.17) is 4.74 Å². The first-order valence-corrected chi connectivity index (χ1v) is 9.38. The SMILES string of the molecule is CCNC(=NCc1nccn1CC(C)C)N(C)CCOc1ccccc1F.I. The van der Waals surface area contributed by atoms with Crippen LogP contribution in [-0.2, 0) is 13.1 Å². The number of ether oxygens (including phenoxy) is 1. The molecular weight excluding hydrogens is 472 g/mol. The number of rotatable bonds is 9. The van der Waals surface area contributed by atoms with Crippen molar-refractivity contribution < 1.29 is 9.13 Å². The number of imidazole rings is 1. The number of nitrogens with zero attached hydrogens (tertiary/aromatic N) is 4. The maximum Gasteiger partial charge on any atom is 0.194 e. The Bertz CT molecular complexity index is 735. The van der Waals surface area contributed by atoms with E-state index in [1.54, 1.807) is 18.2 Å². The predicted molar refractivity (Wildman–Crippen MR) is 122 cm³/mol. The topological polar surface area (TPSA) is 54.7 Å². The molecule has 156 valence electrons. The molecule has 0 saturated heterocycles. The van der Waals surface area contributed by atoms with Gasteiger partial charge in [-0.2, -0.15) is 0 Å². The molecule has 0 spiro atoms. The van der Waals surface area contributed by atoms with Crippen molar-refractivity contribution in [1.29, 1.82) is 0 Å². The number of aliphatic imine (C=N–C) groups is 1. The quantitative estimate of drug-likeness (QED) is 0.322. The molecule has 0 aliphatic carbocycles. The molecule has 0 aliphatic rings. The molecule has 2 rings (SSSR count). The number of guanidine groups is 1. The average molecular weight is 503 g/mol. The number of hydrogen-bond donors (Lipinski definition) is 1. The van der Waals surface area contributed by atoms with E-state index in [0.29, 0.717) is 25.6 Å². The molecule has 1 aromatic carbocycles. The molecule has 0 atom stereocenters. The van der Waals surface area contributed by atoms with Crippen LogP contribution in [0.4, 0.5) is 4.39 Å². The molecule has 0 fully saturated rings. The predicted octanol–water partition coefficient (Wildman–Crippen LogP) is 3.77. The molecule has 0 bridgehead atoms. The number of benzene rings is 1. The summed E-state index contributed by atoms with van der Waals surface area (Å²) in [6.07, 6.45) is 3.80. The number of halogens is 2. The second-order valence-electron chi connectivity index (χ2n) is 6.76. The lowest BCUT2D eigenvalue weighted by atomic mass is 10.2. The Kier molecular flexibility index (Phi) is 10.9. The lowest BCUT2D eigenvalue weighted by Gasteiger charge is -2.22.